The molecule has 134 valence electrons. The number of carbonyl (C=O) groups excluding carboxylic acids is 1. The first-order chi connectivity index (χ1) is 12.1. The predicted molar refractivity (Wildman–Crippen MR) is 93.8 cm³/mol. The Balaban J connectivity index is 1.55. The number of ether oxygens (including phenoxy) is 1. The van der Waals surface area contributed by atoms with Gasteiger partial charge in [0.1, 0.15) is 11.9 Å². The summed E-state index contributed by atoms with van der Waals surface area (Å²) in [6.07, 6.45) is 6.40. The summed E-state index contributed by atoms with van der Waals surface area (Å²) in [7, 11) is 4.03. The van der Waals surface area contributed by atoms with E-state index in [2.05, 4.69) is 19.9 Å². The summed E-state index contributed by atoms with van der Waals surface area (Å²) in [6, 6.07) is 3.89. The normalized spacial score (nSPS) is 17.9. The Hall–Kier alpha value is -2.25. The van der Waals surface area contributed by atoms with Gasteiger partial charge in [0.2, 0.25) is 5.91 Å². The molecule has 1 amide bonds. The number of H-pyrrole nitrogens is 1. The third-order valence-corrected chi connectivity index (χ3v) is 4.21. The number of rotatable bonds is 6. The van der Waals surface area contributed by atoms with Crippen molar-refractivity contribution in [1.82, 2.24) is 24.8 Å². The third kappa shape index (κ3) is 4.87. The van der Waals surface area contributed by atoms with Gasteiger partial charge in [-0.2, -0.15) is 0 Å². The number of hydrogen-bond acceptors (Lipinski definition) is 5. The number of carbonyl (C=O) groups is 1. The summed E-state index contributed by atoms with van der Waals surface area (Å²) in [5.74, 6) is 0.943. The SMILES string of the molecule is CN(C)Cc1cnc([C@H]2CN(C(=O)CCc3cccnc3)CCO2)[nH]1. The van der Waals surface area contributed by atoms with Crippen molar-refractivity contribution in [2.24, 2.45) is 0 Å². The van der Waals surface area contributed by atoms with Gasteiger partial charge in [-0.15, -0.1) is 0 Å². The topological polar surface area (TPSA) is 74.3 Å². The number of nitrogens with zero attached hydrogens (tertiary/aromatic N) is 4. The average Bonchev–Trinajstić information content (AvgIpc) is 3.08. The van der Waals surface area contributed by atoms with Crippen molar-refractivity contribution in [2.45, 2.75) is 25.5 Å². The maximum atomic E-state index is 12.5. The number of morpholine rings is 1. The second-order valence-corrected chi connectivity index (χ2v) is 6.59. The molecule has 1 saturated heterocycles. The summed E-state index contributed by atoms with van der Waals surface area (Å²) in [4.78, 5) is 28.3. The first-order valence-corrected chi connectivity index (χ1v) is 8.58. The minimum atomic E-state index is -0.188. The maximum Gasteiger partial charge on any atom is 0.223 e. The zero-order chi connectivity index (χ0) is 17.6. The Kier molecular flexibility index (Phi) is 5.78. The molecule has 0 aliphatic carbocycles. The van der Waals surface area contributed by atoms with E-state index >= 15 is 0 Å². The van der Waals surface area contributed by atoms with Crippen LogP contribution in [0.25, 0.3) is 0 Å². The number of aromatic nitrogens is 3. The molecule has 2 aromatic heterocycles. The highest BCUT2D eigenvalue weighted by Crippen LogP contribution is 2.21. The molecule has 0 bridgehead atoms. The highest BCUT2D eigenvalue weighted by Gasteiger charge is 2.27. The van der Waals surface area contributed by atoms with Crippen LogP contribution in [-0.4, -0.2) is 64.5 Å². The van der Waals surface area contributed by atoms with E-state index in [9.17, 15) is 4.79 Å². The number of hydrogen-bond donors (Lipinski definition) is 1. The van der Waals surface area contributed by atoms with E-state index < -0.39 is 0 Å². The van der Waals surface area contributed by atoms with Crippen LogP contribution < -0.4 is 0 Å². The standard InChI is InChI=1S/C18H25N5O2/c1-22(2)12-15-11-20-18(21-15)16-13-23(8-9-25-16)17(24)6-5-14-4-3-7-19-10-14/h3-4,7,10-11,16H,5-6,8-9,12-13H2,1-2H3,(H,20,21)/t16-/m1/s1. The molecule has 25 heavy (non-hydrogen) atoms. The lowest BCUT2D eigenvalue weighted by Crippen LogP contribution is -2.42. The van der Waals surface area contributed by atoms with Gasteiger partial charge in [-0.3, -0.25) is 9.78 Å². The molecule has 3 heterocycles. The number of amides is 1. The van der Waals surface area contributed by atoms with Crippen LogP contribution >= 0.6 is 0 Å². The van der Waals surface area contributed by atoms with Crippen LogP contribution in [0.2, 0.25) is 0 Å². The minimum Gasteiger partial charge on any atom is -0.367 e. The maximum absolute atomic E-state index is 12.5. The second-order valence-electron chi connectivity index (χ2n) is 6.59. The zero-order valence-electron chi connectivity index (χ0n) is 14.8. The molecule has 2 aromatic rings. The van der Waals surface area contributed by atoms with Gasteiger partial charge in [-0.25, -0.2) is 4.98 Å². The fourth-order valence-electron chi connectivity index (χ4n) is 2.96. The number of pyridine rings is 1. The van der Waals surface area contributed by atoms with Gasteiger partial charge in [-0.1, -0.05) is 6.07 Å². The fourth-order valence-corrected chi connectivity index (χ4v) is 2.96. The van der Waals surface area contributed by atoms with E-state index in [1.165, 1.54) is 0 Å². The van der Waals surface area contributed by atoms with Crippen LogP contribution in [0.5, 0.6) is 0 Å². The Morgan fingerprint density at radius 2 is 2.32 bits per heavy atom. The average molecular weight is 343 g/mol. The lowest BCUT2D eigenvalue weighted by atomic mass is 10.1. The van der Waals surface area contributed by atoms with Gasteiger partial charge >= 0.3 is 0 Å². The van der Waals surface area contributed by atoms with Crippen LogP contribution in [0.4, 0.5) is 0 Å². The summed E-state index contributed by atoms with van der Waals surface area (Å²) < 4.78 is 5.81. The smallest absolute Gasteiger partial charge is 0.223 e. The largest absolute Gasteiger partial charge is 0.367 e. The Bertz CT molecular complexity index is 686. The summed E-state index contributed by atoms with van der Waals surface area (Å²) >= 11 is 0. The molecule has 7 nitrogen and oxygen atoms in total. The molecule has 0 aromatic carbocycles. The lowest BCUT2D eigenvalue weighted by Gasteiger charge is -2.32. The monoisotopic (exact) mass is 343 g/mol. The van der Waals surface area contributed by atoms with Gasteiger partial charge in [0, 0.05) is 43.8 Å². The predicted octanol–water partition coefficient (Wildman–Crippen LogP) is 1.40. The number of aryl methyl sites for hydroxylation is 1. The Labute approximate surface area is 148 Å². The third-order valence-electron chi connectivity index (χ3n) is 4.21. The molecule has 1 fully saturated rings. The van der Waals surface area contributed by atoms with Crippen molar-refractivity contribution in [3.63, 3.8) is 0 Å². The number of imidazole rings is 1. The van der Waals surface area contributed by atoms with Crippen LogP contribution in [0.15, 0.2) is 30.7 Å². The van der Waals surface area contributed by atoms with Crippen molar-refractivity contribution >= 4 is 5.91 Å². The van der Waals surface area contributed by atoms with E-state index in [-0.39, 0.29) is 12.0 Å². The molecular weight excluding hydrogens is 318 g/mol. The molecule has 0 spiro atoms. The molecule has 1 N–H and O–H groups in total. The van der Waals surface area contributed by atoms with Crippen LogP contribution in [-0.2, 0) is 22.5 Å². The van der Waals surface area contributed by atoms with E-state index in [1.54, 1.807) is 6.20 Å². The van der Waals surface area contributed by atoms with Crippen molar-refractivity contribution < 1.29 is 9.53 Å². The van der Waals surface area contributed by atoms with E-state index in [0.29, 0.717) is 32.5 Å². The molecule has 0 saturated carbocycles. The van der Waals surface area contributed by atoms with Crippen LogP contribution in [0.1, 0.15) is 29.6 Å². The van der Waals surface area contributed by atoms with Gasteiger partial charge in [0.15, 0.2) is 0 Å². The molecule has 3 rings (SSSR count). The number of aromatic amines is 1. The summed E-state index contributed by atoms with van der Waals surface area (Å²) in [5, 5.41) is 0. The van der Waals surface area contributed by atoms with Crippen LogP contribution in [0, 0.1) is 0 Å². The second kappa shape index (κ2) is 8.22. The Morgan fingerprint density at radius 1 is 1.44 bits per heavy atom. The highest BCUT2D eigenvalue weighted by molar-refractivity contribution is 5.76. The van der Waals surface area contributed by atoms with Gasteiger partial charge in [-0.05, 0) is 32.1 Å². The minimum absolute atomic E-state index is 0.150. The molecule has 1 aliphatic heterocycles. The van der Waals surface area contributed by atoms with E-state index in [4.69, 9.17) is 4.74 Å². The van der Waals surface area contributed by atoms with Crippen molar-refractivity contribution in [2.75, 3.05) is 33.8 Å². The van der Waals surface area contributed by atoms with Crippen molar-refractivity contribution in [3.8, 4) is 0 Å². The van der Waals surface area contributed by atoms with E-state index in [0.717, 1.165) is 23.6 Å². The molecule has 0 unspecified atom stereocenters. The van der Waals surface area contributed by atoms with Crippen molar-refractivity contribution in [3.05, 3.63) is 47.8 Å². The first-order valence-electron chi connectivity index (χ1n) is 8.58. The quantitative estimate of drug-likeness (QED) is 0.858. The molecule has 0 radical (unpaired) electrons. The molecule has 1 atom stereocenters. The highest BCUT2D eigenvalue weighted by atomic mass is 16.5. The van der Waals surface area contributed by atoms with Crippen molar-refractivity contribution in [1.29, 1.82) is 0 Å². The summed E-state index contributed by atoms with van der Waals surface area (Å²) in [5.41, 5.74) is 2.13. The lowest BCUT2D eigenvalue weighted by molar-refractivity contribution is -0.139. The Morgan fingerprint density at radius 3 is 3.08 bits per heavy atom. The number of nitrogens with one attached hydrogen (secondary N) is 1. The van der Waals surface area contributed by atoms with Gasteiger partial charge in [0.25, 0.3) is 0 Å². The van der Waals surface area contributed by atoms with Gasteiger partial charge in [0.05, 0.1) is 13.2 Å². The molecule has 7 heteroatoms. The first kappa shape index (κ1) is 17.6. The zero-order valence-corrected chi connectivity index (χ0v) is 14.8. The van der Waals surface area contributed by atoms with E-state index in [1.807, 2.05) is 43.5 Å². The summed E-state index contributed by atoms with van der Waals surface area (Å²) in [6.45, 7) is 2.51. The fraction of sp³-hybridized carbons (Fsp3) is 0.500. The van der Waals surface area contributed by atoms with Gasteiger partial charge < -0.3 is 19.5 Å². The molecular formula is C18H25N5O2. The molecule has 1 aliphatic rings. The van der Waals surface area contributed by atoms with Crippen LogP contribution in [0.3, 0.4) is 0 Å².